The van der Waals surface area contributed by atoms with Crippen LogP contribution in [0.5, 0.6) is 5.75 Å². The van der Waals surface area contributed by atoms with Crippen molar-refractivity contribution >= 4 is 16.8 Å². The van der Waals surface area contributed by atoms with Gasteiger partial charge in [0, 0.05) is 17.1 Å². The van der Waals surface area contributed by atoms with Gasteiger partial charge in [-0.3, -0.25) is 4.79 Å². The first-order valence-electron chi connectivity index (χ1n) is 9.61. The second-order valence-corrected chi connectivity index (χ2v) is 6.85. The monoisotopic (exact) mass is 406 g/mol. The molecule has 0 aliphatic heterocycles. The van der Waals surface area contributed by atoms with Gasteiger partial charge in [0.05, 0.1) is 12.6 Å². The smallest absolute Gasteiger partial charge is 0.243 e. The molecule has 0 spiro atoms. The Morgan fingerprint density at radius 3 is 2.80 bits per heavy atom. The molecule has 0 bridgehead atoms. The highest BCUT2D eigenvalue weighted by Gasteiger charge is 2.16. The molecule has 2 heterocycles. The van der Waals surface area contributed by atoms with Crippen LogP contribution < -0.4 is 10.1 Å². The Morgan fingerprint density at radius 1 is 1.17 bits per heavy atom. The molecule has 9 heteroatoms. The Labute approximate surface area is 172 Å². The maximum atomic E-state index is 12.4. The molecule has 2 aromatic carbocycles. The lowest BCUT2D eigenvalue weighted by Crippen LogP contribution is -2.41. The SMILES string of the molecule is O=C(Cn1nnc(COc2ccccc2)n1)NC(CO)Cc1c[nH]c2ccccc12. The van der Waals surface area contributed by atoms with E-state index in [4.69, 9.17) is 4.74 Å². The number of aromatic nitrogens is 5. The largest absolute Gasteiger partial charge is 0.485 e. The van der Waals surface area contributed by atoms with Crippen LogP contribution in [-0.2, 0) is 24.4 Å². The third-order valence-electron chi connectivity index (χ3n) is 4.62. The summed E-state index contributed by atoms with van der Waals surface area (Å²) >= 11 is 0. The minimum absolute atomic E-state index is 0.0945. The number of nitrogens with one attached hydrogen (secondary N) is 2. The number of amides is 1. The molecule has 154 valence electrons. The van der Waals surface area contributed by atoms with Crippen LogP contribution >= 0.6 is 0 Å². The lowest BCUT2D eigenvalue weighted by Gasteiger charge is -2.15. The van der Waals surface area contributed by atoms with E-state index in [1.165, 1.54) is 4.80 Å². The van der Waals surface area contributed by atoms with E-state index in [0.29, 0.717) is 18.0 Å². The minimum Gasteiger partial charge on any atom is -0.485 e. The standard InChI is InChI=1S/C21H22N6O3/c28-13-16(10-15-11-22-19-9-5-4-8-18(15)19)23-21(29)12-27-25-20(24-26-27)14-30-17-6-2-1-3-7-17/h1-9,11,16,22,28H,10,12-14H2,(H,23,29). The van der Waals surface area contributed by atoms with Gasteiger partial charge in [-0.2, -0.15) is 4.80 Å². The molecule has 4 aromatic rings. The van der Waals surface area contributed by atoms with Crippen LogP contribution in [0.1, 0.15) is 11.4 Å². The van der Waals surface area contributed by atoms with E-state index in [9.17, 15) is 9.90 Å². The number of aliphatic hydroxyl groups excluding tert-OH is 1. The first kappa shape index (κ1) is 19.6. The van der Waals surface area contributed by atoms with Crippen molar-refractivity contribution in [3.8, 4) is 5.75 Å². The summed E-state index contributed by atoms with van der Waals surface area (Å²) in [5.41, 5.74) is 2.05. The van der Waals surface area contributed by atoms with Gasteiger partial charge in [0.2, 0.25) is 11.7 Å². The Hall–Kier alpha value is -3.72. The lowest BCUT2D eigenvalue weighted by molar-refractivity contribution is -0.123. The van der Waals surface area contributed by atoms with Gasteiger partial charge < -0.3 is 20.1 Å². The fourth-order valence-electron chi connectivity index (χ4n) is 3.19. The van der Waals surface area contributed by atoms with Crippen molar-refractivity contribution in [1.29, 1.82) is 0 Å². The summed E-state index contributed by atoms with van der Waals surface area (Å²) in [5.74, 6) is 0.778. The number of hydrogen-bond acceptors (Lipinski definition) is 6. The number of aromatic amines is 1. The Bertz CT molecular complexity index is 1110. The quantitative estimate of drug-likeness (QED) is 0.387. The molecule has 3 N–H and O–H groups in total. The van der Waals surface area contributed by atoms with E-state index in [0.717, 1.165) is 16.5 Å². The predicted molar refractivity (Wildman–Crippen MR) is 110 cm³/mol. The summed E-state index contributed by atoms with van der Waals surface area (Å²) in [6.45, 7) is -0.111. The maximum Gasteiger partial charge on any atom is 0.243 e. The van der Waals surface area contributed by atoms with Crippen molar-refractivity contribution < 1.29 is 14.6 Å². The van der Waals surface area contributed by atoms with Gasteiger partial charge >= 0.3 is 0 Å². The number of carbonyl (C=O) groups is 1. The summed E-state index contributed by atoms with van der Waals surface area (Å²) in [5, 5.41) is 25.5. The van der Waals surface area contributed by atoms with Gasteiger partial charge in [-0.1, -0.05) is 36.4 Å². The molecule has 1 atom stereocenters. The molecule has 0 saturated carbocycles. The van der Waals surface area contributed by atoms with Crippen molar-refractivity contribution in [2.75, 3.05) is 6.61 Å². The number of fused-ring (bicyclic) bond motifs is 1. The average Bonchev–Trinajstić information content (AvgIpc) is 3.39. The molecule has 4 rings (SSSR count). The average molecular weight is 406 g/mol. The fourth-order valence-corrected chi connectivity index (χ4v) is 3.19. The summed E-state index contributed by atoms with van der Waals surface area (Å²) in [4.78, 5) is 16.8. The number of H-pyrrole nitrogens is 1. The highest BCUT2D eigenvalue weighted by atomic mass is 16.5. The number of tetrazole rings is 1. The van der Waals surface area contributed by atoms with E-state index < -0.39 is 6.04 Å². The third kappa shape index (κ3) is 4.81. The maximum absolute atomic E-state index is 12.4. The van der Waals surface area contributed by atoms with Crippen molar-refractivity contribution in [3.05, 3.63) is 72.2 Å². The number of hydrogen-bond donors (Lipinski definition) is 3. The zero-order chi connectivity index (χ0) is 20.8. The number of nitrogens with zero attached hydrogens (tertiary/aromatic N) is 4. The molecule has 2 aromatic heterocycles. The van der Waals surface area contributed by atoms with Crippen LogP contribution in [0, 0.1) is 0 Å². The summed E-state index contributed by atoms with van der Waals surface area (Å²) in [6.07, 6.45) is 2.41. The molecule has 0 fully saturated rings. The van der Waals surface area contributed by atoms with Crippen LogP contribution in [0.4, 0.5) is 0 Å². The lowest BCUT2D eigenvalue weighted by atomic mass is 10.1. The number of rotatable bonds is 9. The van der Waals surface area contributed by atoms with Gasteiger partial charge in [-0.15, -0.1) is 10.2 Å². The molecule has 0 saturated heterocycles. The topological polar surface area (TPSA) is 118 Å². The Kier molecular flexibility index (Phi) is 6.00. The van der Waals surface area contributed by atoms with Gasteiger partial charge in [-0.25, -0.2) is 0 Å². The van der Waals surface area contributed by atoms with Crippen LogP contribution in [0.3, 0.4) is 0 Å². The summed E-state index contributed by atoms with van der Waals surface area (Å²) in [6, 6.07) is 16.8. The number of carbonyl (C=O) groups excluding carboxylic acids is 1. The second-order valence-electron chi connectivity index (χ2n) is 6.85. The molecule has 1 unspecified atom stereocenters. The molecule has 1 amide bonds. The Morgan fingerprint density at radius 2 is 1.97 bits per heavy atom. The van der Waals surface area contributed by atoms with Gasteiger partial charge in [0.25, 0.3) is 0 Å². The van der Waals surface area contributed by atoms with Gasteiger partial charge in [0.1, 0.15) is 12.3 Å². The van der Waals surface area contributed by atoms with Crippen LogP contribution in [-0.4, -0.2) is 48.9 Å². The molecule has 0 aliphatic carbocycles. The van der Waals surface area contributed by atoms with Crippen LogP contribution in [0.15, 0.2) is 60.8 Å². The van der Waals surface area contributed by atoms with Crippen LogP contribution in [0.25, 0.3) is 10.9 Å². The zero-order valence-corrected chi connectivity index (χ0v) is 16.2. The van der Waals surface area contributed by atoms with E-state index in [2.05, 4.69) is 25.7 Å². The normalized spacial score (nSPS) is 12.0. The zero-order valence-electron chi connectivity index (χ0n) is 16.2. The summed E-state index contributed by atoms with van der Waals surface area (Å²) in [7, 11) is 0. The van der Waals surface area contributed by atoms with Gasteiger partial charge in [-0.05, 0) is 35.4 Å². The highest BCUT2D eigenvalue weighted by Crippen LogP contribution is 2.19. The first-order valence-corrected chi connectivity index (χ1v) is 9.61. The Balaban J connectivity index is 1.30. The molecule has 30 heavy (non-hydrogen) atoms. The molecular formula is C21H22N6O3. The van der Waals surface area contributed by atoms with Crippen molar-refractivity contribution in [2.45, 2.75) is 25.6 Å². The van der Waals surface area contributed by atoms with Crippen molar-refractivity contribution in [3.63, 3.8) is 0 Å². The number of aliphatic hydroxyl groups is 1. The van der Waals surface area contributed by atoms with E-state index in [1.807, 2.05) is 60.8 Å². The van der Waals surface area contributed by atoms with Crippen LogP contribution in [0.2, 0.25) is 0 Å². The number of benzene rings is 2. The van der Waals surface area contributed by atoms with E-state index in [1.54, 1.807) is 0 Å². The summed E-state index contributed by atoms with van der Waals surface area (Å²) < 4.78 is 5.57. The highest BCUT2D eigenvalue weighted by molar-refractivity contribution is 5.83. The van der Waals surface area contributed by atoms with Crippen molar-refractivity contribution in [2.24, 2.45) is 0 Å². The van der Waals surface area contributed by atoms with E-state index >= 15 is 0 Å². The van der Waals surface area contributed by atoms with Gasteiger partial charge in [0.15, 0.2) is 6.61 Å². The number of para-hydroxylation sites is 2. The predicted octanol–water partition coefficient (Wildman–Crippen LogP) is 1.45. The molecule has 0 aliphatic rings. The molecular weight excluding hydrogens is 384 g/mol. The molecule has 0 radical (unpaired) electrons. The fraction of sp³-hybridized carbons (Fsp3) is 0.238. The number of ether oxygens (including phenoxy) is 1. The minimum atomic E-state index is -0.416. The van der Waals surface area contributed by atoms with Crippen molar-refractivity contribution in [1.82, 2.24) is 30.5 Å². The third-order valence-corrected chi connectivity index (χ3v) is 4.62. The first-order chi connectivity index (χ1) is 14.7. The second kappa shape index (κ2) is 9.19. The van der Waals surface area contributed by atoms with E-state index in [-0.39, 0.29) is 25.7 Å². The molecule has 9 nitrogen and oxygen atoms in total.